The van der Waals surface area contributed by atoms with E-state index in [0.717, 1.165) is 18.9 Å². The van der Waals surface area contributed by atoms with E-state index >= 15 is 0 Å². The third kappa shape index (κ3) is 6.57. The second-order valence-corrected chi connectivity index (χ2v) is 8.28. The van der Waals surface area contributed by atoms with Crippen LogP contribution in [0.5, 0.6) is 0 Å². The van der Waals surface area contributed by atoms with Crippen LogP contribution in [0.3, 0.4) is 0 Å². The first-order valence-electron chi connectivity index (χ1n) is 9.56. The van der Waals surface area contributed by atoms with Crippen molar-refractivity contribution in [2.45, 2.75) is 73.1 Å². The predicted molar refractivity (Wildman–Crippen MR) is 104 cm³/mol. The number of unbranched alkanes of at least 4 members (excludes halogenated alkanes) is 3. The molecule has 0 radical (unpaired) electrons. The van der Waals surface area contributed by atoms with Gasteiger partial charge in [0.15, 0.2) is 0 Å². The van der Waals surface area contributed by atoms with Crippen LogP contribution in [-0.2, 0) is 0 Å². The summed E-state index contributed by atoms with van der Waals surface area (Å²) in [5, 5.41) is 0. The molecule has 0 saturated carbocycles. The van der Waals surface area contributed by atoms with Gasteiger partial charge in [-0.25, -0.2) is 0 Å². The minimum atomic E-state index is 0.0881. The van der Waals surface area contributed by atoms with E-state index in [-0.39, 0.29) is 5.41 Å². The average molecular weight is 318 g/mol. The second-order valence-electron chi connectivity index (χ2n) is 8.28. The predicted octanol–water partition coefficient (Wildman–Crippen LogP) is 6.59. The first kappa shape index (κ1) is 20.1. The van der Waals surface area contributed by atoms with Crippen molar-refractivity contribution in [1.82, 2.24) is 4.90 Å². The SMILES string of the molecule is C=C(N(C)CCCCCCC(C)C)C1(C)C=CC(C(C)C)=CC1. The topological polar surface area (TPSA) is 3.24 Å². The third-order valence-corrected chi connectivity index (χ3v) is 5.22. The minimum absolute atomic E-state index is 0.0881. The maximum atomic E-state index is 4.40. The first-order chi connectivity index (χ1) is 10.8. The number of nitrogens with zero attached hydrogens (tertiary/aromatic N) is 1. The Morgan fingerprint density at radius 1 is 1.17 bits per heavy atom. The lowest BCUT2D eigenvalue weighted by atomic mass is 9.77. The van der Waals surface area contributed by atoms with Gasteiger partial charge in [-0.05, 0) is 30.3 Å². The molecule has 0 heterocycles. The van der Waals surface area contributed by atoms with Crippen LogP contribution in [0.25, 0.3) is 0 Å². The smallest absolute Gasteiger partial charge is 0.0285 e. The van der Waals surface area contributed by atoms with Gasteiger partial charge in [0, 0.05) is 24.7 Å². The molecule has 0 aromatic heterocycles. The highest BCUT2D eigenvalue weighted by molar-refractivity contribution is 5.32. The summed E-state index contributed by atoms with van der Waals surface area (Å²) in [6, 6.07) is 0. The van der Waals surface area contributed by atoms with Gasteiger partial charge in [-0.2, -0.15) is 0 Å². The first-order valence-corrected chi connectivity index (χ1v) is 9.56. The molecular formula is C22H39N. The summed E-state index contributed by atoms with van der Waals surface area (Å²) in [5.74, 6) is 1.46. The molecule has 1 unspecified atom stereocenters. The van der Waals surface area contributed by atoms with E-state index < -0.39 is 0 Å². The van der Waals surface area contributed by atoms with Crippen LogP contribution in [0.15, 0.2) is 36.1 Å². The molecule has 0 aromatic rings. The average Bonchev–Trinajstić information content (AvgIpc) is 2.49. The fraction of sp³-hybridized carbons (Fsp3) is 0.727. The molecule has 1 heteroatoms. The van der Waals surface area contributed by atoms with E-state index in [1.807, 2.05) is 0 Å². The van der Waals surface area contributed by atoms with E-state index in [9.17, 15) is 0 Å². The Morgan fingerprint density at radius 3 is 2.35 bits per heavy atom. The van der Waals surface area contributed by atoms with Gasteiger partial charge >= 0.3 is 0 Å². The van der Waals surface area contributed by atoms with Crippen molar-refractivity contribution in [3.8, 4) is 0 Å². The molecule has 1 aliphatic rings. The van der Waals surface area contributed by atoms with Crippen molar-refractivity contribution >= 4 is 0 Å². The van der Waals surface area contributed by atoms with Gasteiger partial charge < -0.3 is 4.90 Å². The van der Waals surface area contributed by atoms with E-state index in [4.69, 9.17) is 0 Å². The van der Waals surface area contributed by atoms with E-state index in [2.05, 4.69) is 71.4 Å². The summed E-state index contributed by atoms with van der Waals surface area (Å²) in [7, 11) is 2.21. The highest BCUT2D eigenvalue weighted by atomic mass is 15.1. The van der Waals surface area contributed by atoms with Gasteiger partial charge in [-0.3, -0.25) is 0 Å². The number of allylic oxidation sites excluding steroid dienone is 4. The fourth-order valence-corrected chi connectivity index (χ4v) is 3.21. The van der Waals surface area contributed by atoms with Gasteiger partial charge in [0.1, 0.15) is 0 Å². The molecule has 0 amide bonds. The van der Waals surface area contributed by atoms with Gasteiger partial charge in [0.2, 0.25) is 0 Å². The van der Waals surface area contributed by atoms with Crippen molar-refractivity contribution in [3.05, 3.63) is 36.1 Å². The second kappa shape index (κ2) is 9.35. The Kier molecular flexibility index (Phi) is 8.16. The summed E-state index contributed by atoms with van der Waals surface area (Å²) in [6.45, 7) is 17.0. The minimum Gasteiger partial charge on any atom is -0.378 e. The molecule has 0 aromatic carbocycles. The highest BCUT2D eigenvalue weighted by Crippen LogP contribution is 2.38. The molecule has 0 saturated heterocycles. The third-order valence-electron chi connectivity index (χ3n) is 5.22. The molecule has 1 aliphatic carbocycles. The number of hydrogen-bond donors (Lipinski definition) is 0. The van der Waals surface area contributed by atoms with Crippen molar-refractivity contribution in [2.75, 3.05) is 13.6 Å². The Labute approximate surface area is 145 Å². The lowest BCUT2D eigenvalue weighted by Gasteiger charge is -2.36. The van der Waals surface area contributed by atoms with Crippen LogP contribution < -0.4 is 0 Å². The summed E-state index contributed by atoms with van der Waals surface area (Å²) in [5.41, 5.74) is 2.81. The fourth-order valence-electron chi connectivity index (χ4n) is 3.21. The molecule has 1 atom stereocenters. The van der Waals surface area contributed by atoms with Gasteiger partial charge in [0.05, 0.1) is 0 Å². The molecule has 1 nitrogen and oxygen atoms in total. The van der Waals surface area contributed by atoms with Crippen LogP contribution >= 0.6 is 0 Å². The Balaban J connectivity index is 2.35. The van der Waals surface area contributed by atoms with E-state index in [0.29, 0.717) is 5.92 Å². The van der Waals surface area contributed by atoms with Gasteiger partial charge in [-0.15, -0.1) is 0 Å². The lowest BCUT2D eigenvalue weighted by molar-refractivity contribution is 0.311. The number of rotatable bonds is 10. The quantitative estimate of drug-likeness (QED) is 0.411. The molecular weight excluding hydrogens is 278 g/mol. The Morgan fingerprint density at radius 2 is 1.83 bits per heavy atom. The lowest BCUT2D eigenvalue weighted by Crippen LogP contribution is -2.30. The largest absolute Gasteiger partial charge is 0.378 e. The molecule has 132 valence electrons. The van der Waals surface area contributed by atoms with Crippen LogP contribution in [0.4, 0.5) is 0 Å². The van der Waals surface area contributed by atoms with Crippen LogP contribution in [0.1, 0.15) is 73.1 Å². The summed E-state index contributed by atoms with van der Waals surface area (Å²) >= 11 is 0. The molecule has 1 rings (SSSR count). The zero-order chi connectivity index (χ0) is 17.5. The van der Waals surface area contributed by atoms with Gasteiger partial charge in [0.25, 0.3) is 0 Å². The normalized spacial score (nSPS) is 21.0. The van der Waals surface area contributed by atoms with Crippen LogP contribution in [0, 0.1) is 17.3 Å². The standard InChI is InChI=1S/C22H39N/c1-18(2)12-10-8-9-11-17-23(7)20(5)22(6)15-13-21(14-16-22)19(3)4/h13-15,18-19H,5,8-12,16-17H2,1-4,6-7H3. The number of hydrogen-bond acceptors (Lipinski definition) is 1. The maximum absolute atomic E-state index is 4.40. The van der Waals surface area contributed by atoms with Crippen molar-refractivity contribution in [1.29, 1.82) is 0 Å². The monoisotopic (exact) mass is 317 g/mol. The molecule has 0 bridgehead atoms. The molecule has 23 heavy (non-hydrogen) atoms. The molecule has 0 N–H and O–H groups in total. The van der Waals surface area contributed by atoms with Crippen molar-refractivity contribution in [3.63, 3.8) is 0 Å². The van der Waals surface area contributed by atoms with Crippen molar-refractivity contribution in [2.24, 2.45) is 17.3 Å². The van der Waals surface area contributed by atoms with E-state index in [1.54, 1.807) is 0 Å². The van der Waals surface area contributed by atoms with Gasteiger partial charge in [-0.1, -0.05) is 85.1 Å². The van der Waals surface area contributed by atoms with E-state index in [1.165, 1.54) is 43.4 Å². The summed E-state index contributed by atoms with van der Waals surface area (Å²) < 4.78 is 0. The van der Waals surface area contributed by atoms with Crippen molar-refractivity contribution < 1.29 is 0 Å². The Bertz CT molecular complexity index is 427. The molecule has 0 fully saturated rings. The summed E-state index contributed by atoms with van der Waals surface area (Å²) in [4.78, 5) is 2.38. The molecule has 0 aliphatic heterocycles. The van der Waals surface area contributed by atoms with Crippen LogP contribution in [0.2, 0.25) is 0 Å². The summed E-state index contributed by atoms with van der Waals surface area (Å²) in [6.07, 6.45) is 14.9. The highest BCUT2D eigenvalue weighted by Gasteiger charge is 2.28. The zero-order valence-electron chi connectivity index (χ0n) is 16.5. The maximum Gasteiger partial charge on any atom is 0.0285 e. The Hall–Kier alpha value is -0.980. The zero-order valence-corrected chi connectivity index (χ0v) is 16.5. The molecule has 0 spiro atoms. The van der Waals surface area contributed by atoms with Crippen LogP contribution in [-0.4, -0.2) is 18.5 Å².